The largest absolute Gasteiger partial charge is 0.481 e. The molecule has 0 aliphatic heterocycles. The first-order chi connectivity index (χ1) is 9.45. The maximum atomic E-state index is 12.2. The first-order valence-corrected chi connectivity index (χ1v) is 6.72. The molecule has 110 valence electrons. The van der Waals surface area contributed by atoms with Crippen LogP contribution in [-0.2, 0) is 9.59 Å². The molecule has 2 unspecified atom stereocenters. The lowest BCUT2D eigenvalue weighted by atomic mass is 9.94. The van der Waals surface area contributed by atoms with E-state index in [9.17, 15) is 9.59 Å². The summed E-state index contributed by atoms with van der Waals surface area (Å²) >= 11 is 0. The van der Waals surface area contributed by atoms with Crippen LogP contribution >= 0.6 is 0 Å². The lowest BCUT2D eigenvalue weighted by molar-refractivity contribution is -0.138. The van der Waals surface area contributed by atoms with Crippen LogP contribution in [0.25, 0.3) is 0 Å². The topological polar surface area (TPSA) is 92.4 Å². The maximum Gasteiger partial charge on any atom is 0.305 e. The van der Waals surface area contributed by atoms with Gasteiger partial charge in [0.1, 0.15) is 0 Å². The van der Waals surface area contributed by atoms with Crippen LogP contribution in [0.4, 0.5) is 0 Å². The lowest BCUT2D eigenvalue weighted by Gasteiger charge is -2.23. The smallest absolute Gasteiger partial charge is 0.305 e. The first kappa shape index (κ1) is 16.2. The molecule has 0 saturated heterocycles. The number of hydrogen-bond donors (Lipinski definition) is 3. The highest BCUT2D eigenvalue weighted by Gasteiger charge is 2.24. The summed E-state index contributed by atoms with van der Waals surface area (Å²) in [6, 6.07) is 8.56. The number of aliphatic carboxylic acids is 1. The standard InChI is InChI=1S/C15H22N2O3/c1-10(2)12(9-16)15(20)17-13(8-14(18)19)11-6-4-3-5-7-11/h3-7,10,12-13H,8-9,16H2,1-2H3,(H,17,20)(H,18,19). The zero-order valence-corrected chi connectivity index (χ0v) is 11.9. The third-order valence-electron chi connectivity index (χ3n) is 3.29. The molecule has 0 spiro atoms. The van der Waals surface area contributed by atoms with Crippen molar-refractivity contribution >= 4 is 11.9 Å². The number of hydrogen-bond acceptors (Lipinski definition) is 3. The molecule has 0 aliphatic rings. The van der Waals surface area contributed by atoms with E-state index in [0.717, 1.165) is 5.56 Å². The Hall–Kier alpha value is -1.88. The third-order valence-corrected chi connectivity index (χ3v) is 3.29. The molecule has 1 aromatic rings. The molecule has 0 heterocycles. The minimum absolute atomic E-state index is 0.112. The number of nitrogens with one attached hydrogen (secondary N) is 1. The number of rotatable bonds is 7. The van der Waals surface area contributed by atoms with Gasteiger partial charge in [-0.15, -0.1) is 0 Å². The van der Waals surface area contributed by atoms with Gasteiger partial charge in [-0.05, 0) is 11.5 Å². The van der Waals surface area contributed by atoms with Crippen LogP contribution in [0.15, 0.2) is 30.3 Å². The fraction of sp³-hybridized carbons (Fsp3) is 0.467. The average Bonchev–Trinajstić information content (AvgIpc) is 2.38. The third kappa shape index (κ3) is 4.66. The Balaban J connectivity index is 2.85. The molecule has 1 rings (SSSR count). The van der Waals surface area contributed by atoms with Crippen molar-refractivity contribution in [1.82, 2.24) is 5.32 Å². The number of amides is 1. The summed E-state index contributed by atoms with van der Waals surface area (Å²) in [6.07, 6.45) is -0.148. The van der Waals surface area contributed by atoms with Crippen LogP contribution < -0.4 is 11.1 Å². The van der Waals surface area contributed by atoms with Gasteiger partial charge in [-0.3, -0.25) is 9.59 Å². The molecule has 20 heavy (non-hydrogen) atoms. The summed E-state index contributed by atoms with van der Waals surface area (Å²) in [4.78, 5) is 23.2. The highest BCUT2D eigenvalue weighted by atomic mass is 16.4. The zero-order chi connectivity index (χ0) is 15.1. The summed E-state index contributed by atoms with van der Waals surface area (Å²) in [5, 5.41) is 11.8. The van der Waals surface area contributed by atoms with Gasteiger partial charge in [0.15, 0.2) is 0 Å². The van der Waals surface area contributed by atoms with Gasteiger partial charge in [0.2, 0.25) is 5.91 Å². The van der Waals surface area contributed by atoms with Crippen LogP contribution in [0.5, 0.6) is 0 Å². The van der Waals surface area contributed by atoms with E-state index in [0.29, 0.717) is 0 Å². The molecular weight excluding hydrogens is 256 g/mol. The summed E-state index contributed by atoms with van der Waals surface area (Å²) in [6.45, 7) is 4.09. The van der Waals surface area contributed by atoms with Gasteiger partial charge in [-0.2, -0.15) is 0 Å². The van der Waals surface area contributed by atoms with E-state index in [1.807, 2.05) is 32.0 Å². The minimum atomic E-state index is -0.951. The number of nitrogens with two attached hydrogens (primary N) is 1. The Morgan fingerprint density at radius 3 is 2.30 bits per heavy atom. The fourth-order valence-electron chi connectivity index (χ4n) is 2.07. The van der Waals surface area contributed by atoms with E-state index >= 15 is 0 Å². The summed E-state index contributed by atoms with van der Waals surface area (Å²) in [7, 11) is 0. The summed E-state index contributed by atoms with van der Waals surface area (Å²) < 4.78 is 0. The van der Waals surface area contributed by atoms with E-state index in [4.69, 9.17) is 10.8 Å². The quantitative estimate of drug-likeness (QED) is 0.705. The van der Waals surface area contributed by atoms with Crippen molar-refractivity contribution in [3.05, 3.63) is 35.9 Å². The van der Waals surface area contributed by atoms with Gasteiger partial charge >= 0.3 is 5.97 Å². The number of benzene rings is 1. The van der Waals surface area contributed by atoms with Crippen LogP contribution in [0.1, 0.15) is 31.9 Å². The van der Waals surface area contributed by atoms with Gasteiger partial charge in [-0.1, -0.05) is 44.2 Å². The van der Waals surface area contributed by atoms with Gasteiger partial charge in [0, 0.05) is 6.54 Å². The molecule has 0 fully saturated rings. The van der Waals surface area contributed by atoms with Crippen molar-refractivity contribution in [3.63, 3.8) is 0 Å². The Morgan fingerprint density at radius 1 is 1.25 bits per heavy atom. The van der Waals surface area contributed by atoms with Gasteiger partial charge in [0.05, 0.1) is 18.4 Å². The highest BCUT2D eigenvalue weighted by Crippen LogP contribution is 2.18. The molecular formula is C15H22N2O3. The van der Waals surface area contributed by atoms with Crippen molar-refractivity contribution in [2.75, 3.05) is 6.54 Å². The van der Waals surface area contributed by atoms with E-state index in [2.05, 4.69) is 5.32 Å². The highest BCUT2D eigenvalue weighted by molar-refractivity contribution is 5.80. The monoisotopic (exact) mass is 278 g/mol. The van der Waals surface area contributed by atoms with Crippen molar-refractivity contribution < 1.29 is 14.7 Å². The van der Waals surface area contributed by atoms with E-state index in [1.165, 1.54) is 0 Å². The molecule has 5 heteroatoms. The Morgan fingerprint density at radius 2 is 1.85 bits per heavy atom. The van der Waals surface area contributed by atoms with Crippen LogP contribution in [0, 0.1) is 11.8 Å². The van der Waals surface area contributed by atoms with Crippen LogP contribution in [0.2, 0.25) is 0 Å². The lowest BCUT2D eigenvalue weighted by Crippen LogP contribution is -2.40. The second-order valence-corrected chi connectivity index (χ2v) is 5.16. The summed E-state index contributed by atoms with van der Waals surface area (Å²) in [5.74, 6) is -1.35. The summed E-state index contributed by atoms with van der Waals surface area (Å²) in [5.41, 5.74) is 6.39. The second-order valence-electron chi connectivity index (χ2n) is 5.16. The Bertz CT molecular complexity index is 446. The van der Waals surface area contributed by atoms with E-state index in [1.54, 1.807) is 12.1 Å². The molecule has 0 saturated carbocycles. The Kier molecular flexibility index (Phi) is 6.18. The average molecular weight is 278 g/mol. The van der Waals surface area contributed by atoms with E-state index < -0.39 is 12.0 Å². The molecule has 1 aromatic carbocycles. The van der Waals surface area contributed by atoms with Gasteiger partial charge in [0.25, 0.3) is 0 Å². The first-order valence-electron chi connectivity index (χ1n) is 6.72. The van der Waals surface area contributed by atoms with Gasteiger partial charge < -0.3 is 16.2 Å². The second kappa shape index (κ2) is 7.65. The number of carbonyl (C=O) groups is 2. The molecule has 5 nitrogen and oxygen atoms in total. The van der Waals surface area contributed by atoms with Crippen molar-refractivity contribution in [1.29, 1.82) is 0 Å². The maximum absolute atomic E-state index is 12.2. The zero-order valence-electron chi connectivity index (χ0n) is 11.9. The predicted molar refractivity (Wildman–Crippen MR) is 77.0 cm³/mol. The molecule has 1 amide bonds. The number of carboxylic acid groups (broad SMARTS) is 1. The van der Waals surface area contributed by atoms with Crippen molar-refractivity contribution in [2.24, 2.45) is 17.6 Å². The van der Waals surface area contributed by atoms with E-state index in [-0.39, 0.29) is 30.7 Å². The molecule has 0 aromatic heterocycles. The van der Waals surface area contributed by atoms with Gasteiger partial charge in [-0.25, -0.2) is 0 Å². The normalized spacial score (nSPS) is 13.8. The van der Waals surface area contributed by atoms with Crippen molar-refractivity contribution in [2.45, 2.75) is 26.3 Å². The molecule has 0 radical (unpaired) electrons. The molecule has 0 bridgehead atoms. The molecule has 0 aliphatic carbocycles. The Labute approximate surface area is 119 Å². The van der Waals surface area contributed by atoms with Crippen molar-refractivity contribution in [3.8, 4) is 0 Å². The van der Waals surface area contributed by atoms with Crippen LogP contribution in [0.3, 0.4) is 0 Å². The number of carbonyl (C=O) groups excluding carboxylic acids is 1. The van der Waals surface area contributed by atoms with Crippen LogP contribution in [-0.4, -0.2) is 23.5 Å². The SMILES string of the molecule is CC(C)C(CN)C(=O)NC(CC(=O)O)c1ccccc1. The predicted octanol–water partition coefficient (Wildman–Crippen LogP) is 1.55. The number of carboxylic acids is 1. The fourth-order valence-corrected chi connectivity index (χ4v) is 2.07. The minimum Gasteiger partial charge on any atom is -0.481 e. The molecule has 2 atom stereocenters. The molecule has 4 N–H and O–H groups in total.